The molecule has 1 aromatic heterocycles. The Kier molecular flexibility index (Phi) is 3.24. The van der Waals surface area contributed by atoms with Crippen molar-refractivity contribution in [2.24, 2.45) is 0 Å². The number of thiophene rings is 1. The zero-order valence-electron chi connectivity index (χ0n) is 9.05. The van der Waals surface area contributed by atoms with Crippen LogP contribution in [0.4, 0.5) is 0 Å². The maximum Gasteiger partial charge on any atom is 0.0136 e. The van der Waals surface area contributed by atoms with Gasteiger partial charge in [-0.25, -0.2) is 0 Å². The van der Waals surface area contributed by atoms with Crippen molar-refractivity contribution in [2.45, 2.75) is 45.1 Å². The smallest absolute Gasteiger partial charge is 0.0136 e. The summed E-state index contributed by atoms with van der Waals surface area (Å²) in [6, 6.07) is 3.05. The molecular formula is C12H19NS. The first kappa shape index (κ1) is 10.2. The Balaban J connectivity index is 2.13. The lowest BCUT2D eigenvalue weighted by Gasteiger charge is -2.20. The first-order valence-corrected chi connectivity index (χ1v) is 6.48. The average molecular weight is 209 g/mol. The third-order valence-electron chi connectivity index (χ3n) is 3.28. The highest BCUT2D eigenvalue weighted by molar-refractivity contribution is 7.10. The van der Waals surface area contributed by atoms with E-state index in [1.807, 2.05) is 11.3 Å². The molecule has 2 rings (SSSR count). The Bertz CT molecular complexity index is 292. The second-order valence-electron chi connectivity index (χ2n) is 4.13. The second-order valence-corrected chi connectivity index (χ2v) is 5.25. The molecule has 2 heteroatoms. The summed E-state index contributed by atoms with van der Waals surface area (Å²) in [6.45, 7) is 5.56. The molecule has 1 N–H and O–H groups in total. The van der Waals surface area contributed by atoms with Gasteiger partial charge >= 0.3 is 0 Å². The summed E-state index contributed by atoms with van der Waals surface area (Å²) >= 11 is 1.88. The first-order valence-electron chi connectivity index (χ1n) is 5.60. The Labute approximate surface area is 90.5 Å². The van der Waals surface area contributed by atoms with Gasteiger partial charge < -0.3 is 5.32 Å². The molecule has 0 spiro atoms. The Morgan fingerprint density at radius 3 is 3.00 bits per heavy atom. The van der Waals surface area contributed by atoms with Gasteiger partial charge in [0.2, 0.25) is 0 Å². The van der Waals surface area contributed by atoms with Crippen LogP contribution in [0.25, 0.3) is 0 Å². The fourth-order valence-corrected chi connectivity index (χ4v) is 3.39. The summed E-state index contributed by atoms with van der Waals surface area (Å²) in [5.41, 5.74) is 1.60. The minimum atomic E-state index is 0.730. The Morgan fingerprint density at radius 1 is 1.50 bits per heavy atom. The number of likely N-dealkylation sites (N-methyl/N-ethyl adjacent to an activating group) is 1. The molecule has 2 unspecified atom stereocenters. The molecule has 1 aliphatic rings. The summed E-state index contributed by atoms with van der Waals surface area (Å²) in [6.07, 6.45) is 4.11. The molecule has 1 aromatic rings. The maximum absolute atomic E-state index is 3.61. The molecule has 78 valence electrons. The van der Waals surface area contributed by atoms with E-state index in [1.54, 1.807) is 5.56 Å². The lowest BCUT2D eigenvalue weighted by Crippen LogP contribution is -2.30. The first-order chi connectivity index (χ1) is 6.83. The van der Waals surface area contributed by atoms with Crippen LogP contribution in [0.2, 0.25) is 0 Å². The minimum Gasteiger partial charge on any atom is -0.314 e. The predicted octanol–water partition coefficient (Wildman–Crippen LogP) is 3.30. The van der Waals surface area contributed by atoms with Crippen LogP contribution < -0.4 is 5.32 Å². The highest BCUT2D eigenvalue weighted by Crippen LogP contribution is 2.37. The van der Waals surface area contributed by atoms with Crippen molar-refractivity contribution in [3.8, 4) is 0 Å². The van der Waals surface area contributed by atoms with Crippen LogP contribution >= 0.6 is 11.3 Å². The molecule has 0 aliphatic heterocycles. The Hall–Kier alpha value is -0.340. The largest absolute Gasteiger partial charge is 0.314 e. The fourth-order valence-electron chi connectivity index (χ4n) is 2.62. The predicted molar refractivity (Wildman–Crippen MR) is 63.1 cm³/mol. The molecule has 1 saturated carbocycles. The minimum absolute atomic E-state index is 0.730. The zero-order valence-corrected chi connectivity index (χ0v) is 9.86. The lowest BCUT2D eigenvalue weighted by atomic mass is 9.95. The maximum atomic E-state index is 3.61. The van der Waals surface area contributed by atoms with Crippen LogP contribution in [0.5, 0.6) is 0 Å². The van der Waals surface area contributed by atoms with Gasteiger partial charge in [0, 0.05) is 16.8 Å². The van der Waals surface area contributed by atoms with E-state index in [-0.39, 0.29) is 0 Å². The van der Waals surface area contributed by atoms with Crippen molar-refractivity contribution in [3.63, 3.8) is 0 Å². The summed E-state index contributed by atoms with van der Waals surface area (Å²) in [7, 11) is 0. The third kappa shape index (κ3) is 1.86. The molecule has 0 aromatic carbocycles. The number of hydrogen-bond acceptors (Lipinski definition) is 2. The molecule has 0 bridgehead atoms. The number of nitrogens with one attached hydrogen (secondary N) is 1. The van der Waals surface area contributed by atoms with Crippen LogP contribution in [-0.2, 0) is 0 Å². The van der Waals surface area contributed by atoms with E-state index < -0.39 is 0 Å². The van der Waals surface area contributed by atoms with E-state index in [1.165, 1.54) is 24.1 Å². The van der Waals surface area contributed by atoms with E-state index >= 15 is 0 Å². The summed E-state index contributed by atoms with van der Waals surface area (Å²) in [4.78, 5) is 1.51. The van der Waals surface area contributed by atoms with E-state index in [2.05, 4.69) is 30.6 Å². The van der Waals surface area contributed by atoms with Gasteiger partial charge in [-0.2, -0.15) is 0 Å². The number of aryl methyl sites for hydroxylation is 1. The van der Waals surface area contributed by atoms with E-state index in [9.17, 15) is 0 Å². The highest BCUT2D eigenvalue weighted by atomic mass is 32.1. The Morgan fingerprint density at radius 2 is 2.36 bits per heavy atom. The molecule has 1 fully saturated rings. The standard InChI is InChI=1S/C12H19NS/c1-3-13-12-6-4-5-11(12)10-7-8-14-9(10)2/h7-8,11-13H,3-6H2,1-2H3. The SMILES string of the molecule is CCNC1CCCC1c1ccsc1C. The van der Waals surface area contributed by atoms with Crippen LogP contribution in [0.15, 0.2) is 11.4 Å². The van der Waals surface area contributed by atoms with Gasteiger partial charge in [0.25, 0.3) is 0 Å². The van der Waals surface area contributed by atoms with E-state index in [4.69, 9.17) is 0 Å². The third-order valence-corrected chi connectivity index (χ3v) is 4.14. The van der Waals surface area contributed by atoms with Crippen molar-refractivity contribution >= 4 is 11.3 Å². The van der Waals surface area contributed by atoms with Crippen LogP contribution in [-0.4, -0.2) is 12.6 Å². The zero-order chi connectivity index (χ0) is 9.97. The van der Waals surface area contributed by atoms with Crippen LogP contribution in [0.3, 0.4) is 0 Å². The normalized spacial score (nSPS) is 27.0. The van der Waals surface area contributed by atoms with Gasteiger partial charge in [0.05, 0.1) is 0 Å². The van der Waals surface area contributed by atoms with Gasteiger partial charge in [0.15, 0.2) is 0 Å². The van der Waals surface area contributed by atoms with Gasteiger partial charge in [0.1, 0.15) is 0 Å². The number of rotatable bonds is 3. The van der Waals surface area contributed by atoms with Gasteiger partial charge in [-0.1, -0.05) is 13.3 Å². The van der Waals surface area contributed by atoms with E-state index in [0.29, 0.717) is 0 Å². The fraction of sp³-hybridized carbons (Fsp3) is 0.667. The molecule has 1 heterocycles. The molecule has 2 atom stereocenters. The average Bonchev–Trinajstić information content (AvgIpc) is 2.74. The quantitative estimate of drug-likeness (QED) is 0.805. The molecule has 0 saturated heterocycles. The van der Waals surface area contributed by atoms with Gasteiger partial charge in [-0.3, -0.25) is 0 Å². The summed E-state index contributed by atoms with van der Waals surface area (Å²) in [5.74, 6) is 0.779. The second kappa shape index (κ2) is 4.45. The van der Waals surface area contributed by atoms with Crippen molar-refractivity contribution in [1.82, 2.24) is 5.32 Å². The molecule has 0 amide bonds. The molecule has 1 aliphatic carbocycles. The topological polar surface area (TPSA) is 12.0 Å². The van der Waals surface area contributed by atoms with Crippen molar-refractivity contribution < 1.29 is 0 Å². The summed E-state index contributed by atoms with van der Waals surface area (Å²) < 4.78 is 0. The van der Waals surface area contributed by atoms with Gasteiger partial charge in [-0.15, -0.1) is 11.3 Å². The lowest BCUT2D eigenvalue weighted by molar-refractivity contribution is 0.492. The summed E-state index contributed by atoms with van der Waals surface area (Å²) in [5, 5.41) is 5.84. The molecule has 14 heavy (non-hydrogen) atoms. The molecule has 0 radical (unpaired) electrons. The molecular weight excluding hydrogens is 190 g/mol. The van der Waals surface area contributed by atoms with Crippen molar-refractivity contribution in [2.75, 3.05) is 6.54 Å². The van der Waals surface area contributed by atoms with E-state index in [0.717, 1.165) is 18.5 Å². The van der Waals surface area contributed by atoms with Crippen molar-refractivity contribution in [1.29, 1.82) is 0 Å². The molecule has 1 nitrogen and oxygen atoms in total. The monoisotopic (exact) mass is 209 g/mol. The number of hydrogen-bond donors (Lipinski definition) is 1. The van der Waals surface area contributed by atoms with Crippen LogP contribution in [0, 0.1) is 6.92 Å². The van der Waals surface area contributed by atoms with Crippen LogP contribution in [0.1, 0.15) is 42.5 Å². The van der Waals surface area contributed by atoms with Gasteiger partial charge in [-0.05, 0) is 43.3 Å². The highest BCUT2D eigenvalue weighted by Gasteiger charge is 2.28. The van der Waals surface area contributed by atoms with Crippen molar-refractivity contribution in [3.05, 3.63) is 21.9 Å².